The van der Waals surface area contributed by atoms with Gasteiger partial charge in [-0.25, -0.2) is 4.98 Å². The van der Waals surface area contributed by atoms with Gasteiger partial charge in [0.2, 0.25) is 11.8 Å². The third-order valence-electron chi connectivity index (χ3n) is 5.22. The number of hydrogen-bond acceptors (Lipinski definition) is 5. The Hall–Kier alpha value is -2.93. The molecular formula is C23H25N3O3S. The number of carbonyl (C=O) groups is 2. The highest BCUT2D eigenvalue weighted by Crippen LogP contribution is 2.25. The Bertz CT molecular complexity index is 1040. The average molecular weight is 424 g/mol. The first-order chi connectivity index (χ1) is 14.6. The number of amides is 2. The van der Waals surface area contributed by atoms with Crippen LogP contribution in [0.15, 0.2) is 46.2 Å². The maximum Gasteiger partial charge on any atom is 0.226 e. The number of rotatable bonds is 7. The fraction of sp³-hybridized carbons (Fsp3) is 0.348. The van der Waals surface area contributed by atoms with Gasteiger partial charge in [0.05, 0.1) is 12.1 Å². The van der Waals surface area contributed by atoms with Crippen molar-refractivity contribution in [3.63, 3.8) is 0 Å². The number of furan rings is 1. The second-order valence-corrected chi connectivity index (χ2v) is 8.38. The summed E-state index contributed by atoms with van der Waals surface area (Å²) in [6.07, 6.45) is 2.22. The van der Waals surface area contributed by atoms with Gasteiger partial charge in [-0.05, 0) is 43.0 Å². The van der Waals surface area contributed by atoms with Gasteiger partial charge in [0.25, 0.3) is 0 Å². The highest BCUT2D eigenvalue weighted by molar-refractivity contribution is 7.13. The second-order valence-electron chi connectivity index (χ2n) is 7.52. The van der Waals surface area contributed by atoms with E-state index in [0.717, 1.165) is 35.2 Å². The van der Waals surface area contributed by atoms with Gasteiger partial charge < -0.3 is 14.6 Å². The summed E-state index contributed by atoms with van der Waals surface area (Å²) in [5.74, 6) is 1.63. The van der Waals surface area contributed by atoms with E-state index in [-0.39, 0.29) is 18.2 Å². The van der Waals surface area contributed by atoms with Crippen LogP contribution in [0.3, 0.4) is 0 Å². The third-order valence-corrected chi connectivity index (χ3v) is 6.12. The summed E-state index contributed by atoms with van der Waals surface area (Å²) in [5.41, 5.74) is 3.29. The number of hydrogen-bond donors (Lipinski definition) is 1. The Labute approximate surface area is 179 Å². The van der Waals surface area contributed by atoms with Crippen molar-refractivity contribution in [1.82, 2.24) is 15.2 Å². The van der Waals surface area contributed by atoms with Gasteiger partial charge >= 0.3 is 0 Å². The van der Waals surface area contributed by atoms with Crippen molar-refractivity contribution in [2.24, 2.45) is 0 Å². The molecule has 2 amide bonds. The van der Waals surface area contributed by atoms with E-state index in [0.29, 0.717) is 25.9 Å². The van der Waals surface area contributed by atoms with E-state index < -0.39 is 0 Å². The number of aromatic nitrogens is 1. The lowest BCUT2D eigenvalue weighted by Crippen LogP contribution is -2.36. The monoisotopic (exact) mass is 423 g/mol. The van der Waals surface area contributed by atoms with Crippen LogP contribution in [0.5, 0.6) is 0 Å². The number of thiazole rings is 1. The maximum absolute atomic E-state index is 12.5. The number of benzene rings is 1. The summed E-state index contributed by atoms with van der Waals surface area (Å²) in [6.45, 7) is 3.83. The Morgan fingerprint density at radius 3 is 2.83 bits per heavy atom. The van der Waals surface area contributed by atoms with Crippen LogP contribution in [0.2, 0.25) is 0 Å². The molecule has 6 nitrogen and oxygen atoms in total. The van der Waals surface area contributed by atoms with Gasteiger partial charge in [0.15, 0.2) is 10.8 Å². The number of aryl methyl sites for hydroxylation is 1. The van der Waals surface area contributed by atoms with Gasteiger partial charge in [-0.3, -0.25) is 9.59 Å². The molecule has 156 valence electrons. The predicted octanol–water partition coefficient (Wildman–Crippen LogP) is 3.74. The molecular weight excluding hydrogens is 398 g/mol. The van der Waals surface area contributed by atoms with Crippen LogP contribution in [0, 0.1) is 6.92 Å². The molecule has 1 N–H and O–H groups in total. The molecule has 30 heavy (non-hydrogen) atoms. The number of nitrogens with one attached hydrogen (secondary N) is 1. The minimum Gasteiger partial charge on any atom is -0.459 e. The molecule has 1 aliphatic rings. The normalized spacial score (nSPS) is 13.2. The van der Waals surface area contributed by atoms with Crippen molar-refractivity contribution >= 4 is 23.2 Å². The first-order valence-electron chi connectivity index (χ1n) is 10.2. The molecule has 4 rings (SSSR count). The van der Waals surface area contributed by atoms with Gasteiger partial charge in [-0.2, -0.15) is 0 Å². The van der Waals surface area contributed by atoms with Crippen LogP contribution in [-0.2, 0) is 29.0 Å². The quantitative estimate of drug-likeness (QED) is 0.588. The van der Waals surface area contributed by atoms with Gasteiger partial charge in [-0.15, -0.1) is 11.3 Å². The molecule has 0 atom stereocenters. The predicted molar refractivity (Wildman–Crippen MR) is 116 cm³/mol. The molecule has 0 saturated heterocycles. The topological polar surface area (TPSA) is 75.4 Å². The maximum atomic E-state index is 12.5. The van der Waals surface area contributed by atoms with Gasteiger partial charge in [-0.1, -0.05) is 24.3 Å². The number of nitrogens with zero attached hydrogens (tertiary/aromatic N) is 2. The molecule has 7 heteroatoms. The minimum absolute atomic E-state index is 0.0816. The SMILES string of the molecule is Cc1ccc(-c2nc(CC(=O)NCCCC(=O)N3CCc4ccccc4C3)cs2)o1. The second kappa shape index (κ2) is 9.26. The fourth-order valence-corrected chi connectivity index (χ4v) is 4.39. The van der Waals surface area contributed by atoms with Crippen LogP contribution in [0.1, 0.15) is 35.4 Å². The van der Waals surface area contributed by atoms with Gasteiger partial charge in [0.1, 0.15) is 5.76 Å². The van der Waals surface area contributed by atoms with E-state index in [1.165, 1.54) is 22.5 Å². The van der Waals surface area contributed by atoms with E-state index in [1.54, 1.807) is 0 Å². The molecule has 0 spiro atoms. The van der Waals surface area contributed by atoms with E-state index in [9.17, 15) is 9.59 Å². The Morgan fingerprint density at radius 2 is 2.03 bits per heavy atom. The summed E-state index contributed by atoms with van der Waals surface area (Å²) in [4.78, 5) is 31.0. The fourth-order valence-electron chi connectivity index (χ4n) is 3.61. The standard InChI is InChI=1S/C23H25N3O3S/c1-16-8-9-20(29-16)23-25-19(15-30-23)13-21(27)24-11-4-7-22(28)26-12-10-17-5-2-3-6-18(17)14-26/h2-3,5-6,8-9,15H,4,7,10-14H2,1H3,(H,24,27). The van der Waals surface area contributed by atoms with Crippen molar-refractivity contribution in [2.45, 2.75) is 39.2 Å². The number of fused-ring (bicyclic) bond motifs is 1. The largest absolute Gasteiger partial charge is 0.459 e. The van der Waals surface area contributed by atoms with Crippen molar-refractivity contribution in [2.75, 3.05) is 13.1 Å². The Kier molecular flexibility index (Phi) is 6.28. The summed E-state index contributed by atoms with van der Waals surface area (Å²) in [7, 11) is 0. The van der Waals surface area contributed by atoms with Gasteiger partial charge in [0, 0.05) is 31.4 Å². The van der Waals surface area contributed by atoms with Crippen molar-refractivity contribution in [3.8, 4) is 10.8 Å². The lowest BCUT2D eigenvalue weighted by molar-refractivity contribution is -0.132. The average Bonchev–Trinajstić information content (AvgIpc) is 3.39. The minimum atomic E-state index is -0.0816. The molecule has 0 fully saturated rings. The van der Waals surface area contributed by atoms with Crippen LogP contribution in [-0.4, -0.2) is 34.8 Å². The Balaban J connectivity index is 1.17. The zero-order chi connectivity index (χ0) is 20.9. The van der Waals surface area contributed by atoms with E-state index in [2.05, 4.69) is 22.4 Å². The van der Waals surface area contributed by atoms with Crippen molar-refractivity contribution in [1.29, 1.82) is 0 Å². The molecule has 3 aromatic rings. The zero-order valence-electron chi connectivity index (χ0n) is 17.0. The Morgan fingerprint density at radius 1 is 1.20 bits per heavy atom. The summed E-state index contributed by atoms with van der Waals surface area (Å²) in [5, 5.41) is 5.55. The molecule has 0 bridgehead atoms. The highest BCUT2D eigenvalue weighted by atomic mass is 32.1. The summed E-state index contributed by atoms with van der Waals surface area (Å²) >= 11 is 1.47. The molecule has 3 heterocycles. The molecule has 1 aromatic carbocycles. The zero-order valence-corrected chi connectivity index (χ0v) is 17.8. The van der Waals surface area contributed by atoms with Crippen LogP contribution in [0.25, 0.3) is 10.8 Å². The van der Waals surface area contributed by atoms with E-state index >= 15 is 0 Å². The first-order valence-corrected chi connectivity index (χ1v) is 11.1. The van der Waals surface area contributed by atoms with Crippen LogP contribution in [0.4, 0.5) is 0 Å². The smallest absolute Gasteiger partial charge is 0.226 e. The molecule has 0 radical (unpaired) electrons. The molecule has 0 unspecified atom stereocenters. The molecule has 0 aliphatic carbocycles. The van der Waals surface area contributed by atoms with E-state index in [4.69, 9.17) is 4.42 Å². The van der Waals surface area contributed by atoms with Crippen LogP contribution < -0.4 is 5.32 Å². The summed E-state index contributed by atoms with van der Waals surface area (Å²) < 4.78 is 5.57. The molecule has 1 aliphatic heterocycles. The van der Waals surface area contributed by atoms with E-state index in [1.807, 2.05) is 41.5 Å². The first kappa shape index (κ1) is 20.3. The number of carbonyl (C=O) groups excluding carboxylic acids is 2. The molecule has 0 saturated carbocycles. The molecule has 2 aromatic heterocycles. The lowest BCUT2D eigenvalue weighted by atomic mass is 9.99. The highest BCUT2D eigenvalue weighted by Gasteiger charge is 2.20. The summed E-state index contributed by atoms with van der Waals surface area (Å²) in [6, 6.07) is 12.1. The van der Waals surface area contributed by atoms with Crippen molar-refractivity contribution < 1.29 is 14.0 Å². The third kappa shape index (κ3) is 4.97. The van der Waals surface area contributed by atoms with Crippen LogP contribution >= 0.6 is 11.3 Å². The lowest BCUT2D eigenvalue weighted by Gasteiger charge is -2.29. The van der Waals surface area contributed by atoms with Crippen molar-refractivity contribution in [3.05, 3.63) is 64.4 Å².